The summed E-state index contributed by atoms with van der Waals surface area (Å²) in [6.07, 6.45) is -0.700. The van der Waals surface area contributed by atoms with E-state index >= 15 is 0 Å². The van der Waals surface area contributed by atoms with Gasteiger partial charge in [-0.1, -0.05) is 58.0 Å². The van der Waals surface area contributed by atoms with E-state index in [0.717, 1.165) is 3.57 Å². The third-order valence-electron chi connectivity index (χ3n) is 2.65. The second-order valence-electron chi connectivity index (χ2n) is 4.52. The summed E-state index contributed by atoms with van der Waals surface area (Å²) in [5.74, 6) is -1.97. The number of carbonyl (C=O) groups is 2. The van der Waals surface area contributed by atoms with Crippen LogP contribution in [0.1, 0.15) is 6.42 Å². The second-order valence-corrected chi connectivity index (χ2v) is 7.83. The zero-order chi connectivity index (χ0) is 18.7. The van der Waals surface area contributed by atoms with Gasteiger partial charge in [-0.2, -0.15) is 0 Å². The zero-order valence-electron chi connectivity index (χ0n) is 11.9. The highest BCUT2D eigenvalue weighted by molar-refractivity contribution is 14.1. The predicted molar refractivity (Wildman–Crippen MR) is 107 cm³/mol. The molecule has 0 N–H and O–H groups in total. The van der Waals surface area contributed by atoms with Gasteiger partial charge in [0.1, 0.15) is 6.42 Å². The molecule has 0 aromatic heterocycles. The molecule has 0 heterocycles. The minimum Gasteiger partial charge on any atom is -0.423 e. The van der Waals surface area contributed by atoms with Crippen LogP contribution in [0, 0.1) is 3.57 Å². The Morgan fingerprint density at radius 3 is 1.52 bits per heavy atom. The van der Waals surface area contributed by atoms with Gasteiger partial charge in [-0.15, -0.1) is 0 Å². The summed E-state index contributed by atoms with van der Waals surface area (Å²) in [7, 11) is 0. The van der Waals surface area contributed by atoms with E-state index in [9.17, 15) is 9.59 Å². The SMILES string of the molecule is O=C(CC(=O)Oc1c(Cl)cc(I)cc1Cl)Oc1c(Cl)cc(Cl)cc1Cl. The molecule has 25 heavy (non-hydrogen) atoms. The Morgan fingerprint density at radius 2 is 1.12 bits per heavy atom. The molecule has 0 aliphatic carbocycles. The van der Waals surface area contributed by atoms with Crippen molar-refractivity contribution >= 4 is 92.5 Å². The van der Waals surface area contributed by atoms with Crippen molar-refractivity contribution in [3.05, 3.63) is 52.9 Å². The molecular formula is C15H6Cl5IO4. The maximum absolute atomic E-state index is 11.9. The molecule has 2 aromatic rings. The fourth-order valence-electron chi connectivity index (χ4n) is 1.67. The second kappa shape index (κ2) is 8.97. The fourth-order valence-corrected chi connectivity index (χ4v) is 4.12. The molecule has 0 bridgehead atoms. The highest BCUT2D eigenvalue weighted by atomic mass is 127. The van der Waals surface area contributed by atoms with Crippen LogP contribution in [0.3, 0.4) is 0 Å². The molecule has 0 unspecified atom stereocenters. The van der Waals surface area contributed by atoms with Crippen LogP contribution in [-0.4, -0.2) is 11.9 Å². The summed E-state index contributed by atoms with van der Waals surface area (Å²) < 4.78 is 10.8. The molecular weight excluding hydrogens is 548 g/mol. The van der Waals surface area contributed by atoms with Crippen molar-refractivity contribution in [1.29, 1.82) is 0 Å². The summed E-state index contributed by atoms with van der Waals surface area (Å²) in [5, 5.41) is 0.618. The van der Waals surface area contributed by atoms with Crippen molar-refractivity contribution < 1.29 is 19.1 Å². The molecule has 0 saturated heterocycles. The molecule has 4 nitrogen and oxygen atoms in total. The van der Waals surface area contributed by atoms with E-state index in [1.807, 2.05) is 22.6 Å². The van der Waals surface area contributed by atoms with Crippen molar-refractivity contribution in [3.8, 4) is 11.5 Å². The van der Waals surface area contributed by atoms with E-state index in [2.05, 4.69) is 0 Å². The lowest BCUT2D eigenvalue weighted by atomic mass is 10.3. The molecule has 10 heteroatoms. The van der Waals surface area contributed by atoms with Gasteiger partial charge < -0.3 is 9.47 Å². The Hall–Kier alpha value is -0.440. The summed E-state index contributed by atoms with van der Waals surface area (Å²) in [5.41, 5.74) is 0. The van der Waals surface area contributed by atoms with E-state index in [0.29, 0.717) is 0 Å². The largest absolute Gasteiger partial charge is 0.423 e. The van der Waals surface area contributed by atoms with Gasteiger partial charge in [0.2, 0.25) is 0 Å². The van der Waals surface area contributed by atoms with Crippen molar-refractivity contribution in [3.63, 3.8) is 0 Å². The number of hydrogen-bond donors (Lipinski definition) is 0. The van der Waals surface area contributed by atoms with E-state index in [1.165, 1.54) is 12.1 Å². The van der Waals surface area contributed by atoms with Gasteiger partial charge in [0.25, 0.3) is 0 Å². The number of carbonyl (C=O) groups excluding carboxylic acids is 2. The first kappa shape index (κ1) is 20.9. The molecule has 2 aromatic carbocycles. The molecule has 0 radical (unpaired) electrons. The van der Waals surface area contributed by atoms with Gasteiger partial charge in [-0.3, -0.25) is 9.59 Å². The van der Waals surface area contributed by atoms with Gasteiger partial charge in [-0.25, -0.2) is 0 Å². The highest BCUT2D eigenvalue weighted by Gasteiger charge is 2.20. The Kier molecular flexibility index (Phi) is 7.49. The zero-order valence-corrected chi connectivity index (χ0v) is 17.9. The minimum atomic E-state index is -0.922. The van der Waals surface area contributed by atoms with Gasteiger partial charge in [-0.05, 0) is 46.9 Å². The van der Waals surface area contributed by atoms with Gasteiger partial charge in [0, 0.05) is 8.59 Å². The van der Waals surface area contributed by atoms with Crippen LogP contribution in [0.5, 0.6) is 11.5 Å². The van der Waals surface area contributed by atoms with Crippen LogP contribution in [0.15, 0.2) is 24.3 Å². The quantitative estimate of drug-likeness (QED) is 0.189. The first-order valence-electron chi connectivity index (χ1n) is 6.38. The fraction of sp³-hybridized carbons (Fsp3) is 0.0667. The van der Waals surface area contributed by atoms with Crippen LogP contribution in [-0.2, 0) is 9.59 Å². The van der Waals surface area contributed by atoms with Crippen LogP contribution in [0.4, 0.5) is 0 Å². The number of esters is 2. The number of hydrogen-bond acceptors (Lipinski definition) is 4. The number of rotatable bonds is 4. The molecule has 0 fully saturated rings. The lowest BCUT2D eigenvalue weighted by Gasteiger charge is -2.10. The van der Waals surface area contributed by atoms with Crippen molar-refractivity contribution in [2.45, 2.75) is 6.42 Å². The van der Waals surface area contributed by atoms with E-state index in [-0.39, 0.29) is 36.6 Å². The standard InChI is InChI=1S/C15H6Cl5IO4/c16-6-1-8(17)14(9(18)2-6)24-12(22)5-13(23)25-15-10(19)3-7(21)4-11(15)20/h1-4H,5H2. The normalized spacial score (nSPS) is 10.5. The number of ether oxygens (including phenoxy) is 2. The van der Waals surface area contributed by atoms with Gasteiger partial charge in [0.05, 0.1) is 20.1 Å². The maximum atomic E-state index is 11.9. The molecule has 2 rings (SSSR count). The van der Waals surface area contributed by atoms with Crippen molar-refractivity contribution in [2.75, 3.05) is 0 Å². The Bertz CT molecular complexity index is 740. The lowest BCUT2D eigenvalue weighted by molar-refractivity contribution is -0.144. The Morgan fingerprint density at radius 1 is 0.760 bits per heavy atom. The minimum absolute atomic E-state index is 0.0305. The maximum Gasteiger partial charge on any atom is 0.322 e. The molecule has 132 valence electrons. The lowest BCUT2D eigenvalue weighted by Crippen LogP contribution is -2.18. The molecule has 0 amide bonds. The van der Waals surface area contributed by atoms with E-state index in [1.54, 1.807) is 12.1 Å². The first-order valence-corrected chi connectivity index (χ1v) is 9.34. The van der Waals surface area contributed by atoms with Gasteiger partial charge in [0.15, 0.2) is 11.5 Å². The molecule has 0 aliphatic rings. The summed E-state index contributed by atoms with van der Waals surface area (Å²) in [6.45, 7) is 0. The third-order valence-corrected chi connectivity index (χ3v) is 4.61. The highest BCUT2D eigenvalue weighted by Crippen LogP contribution is 2.37. The summed E-state index contributed by atoms with van der Waals surface area (Å²) in [6, 6.07) is 5.81. The van der Waals surface area contributed by atoms with Crippen LogP contribution in [0.25, 0.3) is 0 Å². The summed E-state index contributed by atoms with van der Waals surface area (Å²) in [4.78, 5) is 23.8. The third kappa shape index (κ3) is 5.77. The Labute approximate surface area is 181 Å². The van der Waals surface area contributed by atoms with Crippen LogP contribution >= 0.6 is 80.6 Å². The van der Waals surface area contributed by atoms with Crippen molar-refractivity contribution in [2.24, 2.45) is 0 Å². The first-order chi connectivity index (χ1) is 11.7. The molecule has 0 saturated carbocycles. The smallest absolute Gasteiger partial charge is 0.322 e. The monoisotopic (exact) mass is 552 g/mol. The van der Waals surface area contributed by atoms with E-state index in [4.69, 9.17) is 67.5 Å². The number of benzene rings is 2. The topological polar surface area (TPSA) is 52.6 Å². The predicted octanol–water partition coefficient (Wildman–Crippen LogP) is 6.46. The van der Waals surface area contributed by atoms with Crippen molar-refractivity contribution in [1.82, 2.24) is 0 Å². The molecule has 0 atom stereocenters. The Balaban J connectivity index is 2.06. The van der Waals surface area contributed by atoms with Crippen LogP contribution < -0.4 is 9.47 Å². The average molecular weight is 554 g/mol. The number of halogens is 6. The van der Waals surface area contributed by atoms with E-state index < -0.39 is 18.4 Å². The molecule has 0 aliphatic heterocycles. The average Bonchev–Trinajstić information content (AvgIpc) is 2.46. The van der Waals surface area contributed by atoms with Gasteiger partial charge >= 0.3 is 11.9 Å². The molecule has 0 spiro atoms. The summed E-state index contributed by atoms with van der Waals surface area (Å²) >= 11 is 31.5. The van der Waals surface area contributed by atoms with Crippen LogP contribution in [0.2, 0.25) is 25.1 Å².